The van der Waals surface area contributed by atoms with Crippen LogP contribution in [0.5, 0.6) is 5.75 Å². The van der Waals surface area contributed by atoms with E-state index in [9.17, 15) is 9.59 Å². The number of morpholine rings is 1. The zero-order chi connectivity index (χ0) is 13.2. The van der Waals surface area contributed by atoms with E-state index in [-0.39, 0.29) is 18.4 Å². The highest BCUT2D eigenvalue weighted by atomic mass is 16.5. The van der Waals surface area contributed by atoms with Crippen LogP contribution >= 0.6 is 0 Å². The van der Waals surface area contributed by atoms with Crippen LogP contribution in [-0.2, 0) is 9.53 Å². The summed E-state index contributed by atoms with van der Waals surface area (Å²) in [4.78, 5) is 25.6. The van der Waals surface area contributed by atoms with Crippen molar-refractivity contribution in [1.29, 1.82) is 0 Å². The first-order valence-electron chi connectivity index (χ1n) is 6.18. The van der Waals surface area contributed by atoms with E-state index in [0.717, 1.165) is 0 Å². The first-order chi connectivity index (χ1) is 9.25. The predicted molar refractivity (Wildman–Crippen MR) is 67.3 cm³/mol. The lowest BCUT2D eigenvalue weighted by Crippen LogP contribution is -2.41. The zero-order valence-corrected chi connectivity index (χ0v) is 10.3. The number of carbonyl (C=O) groups excluding carboxylic acids is 2. The van der Waals surface area contributed by atoms with Crippen molar-refractivity contribution >= 4 is 17.5 Å². The molecule has 1 fully saturated rings. The van der Waals surface area contributed by atoms with Crippen molar-refractivity contribution in [3.63, 3.8) is 0 Å². The second-order valence-corrected chi connectivity index (χ2v) is 4.42. The Labute approximate surface area is 110 Å². The van der Waals surface area contributed by atoms with Gasteiger partial charge in [-0.05, 0) is 12.1 Å². The van der Waals surface area contributed by atoms with Crippen LogP contribution in [-0.4, -0.2) is 49.6 Å². The van der Waals surface area contributed by atoms with E-state index < -0.39 is 0 Å². The molecule has 6 heteroatoms. The van der Waals surface area contributed by atoms with Crippen LogP contribution in [0.1, 0.15) is 10.4 Å². The zero-order valence-electron chi connectivity index (χ0n) is 10.3. The molecule has 1 N–H and O–H groups in total. The number of amides is 2. The Morgan fingerprint density at radius 3 is 2.84 bits per heavy atom. The smallest absolute Gasteiger partial charge is 0.262 e. The number of hydrogen-bond acceptors (Lipinski definition) is 4. The molecule has 2 aliphatic rings. The molecule has 6 nitrogen and oxygen atoms in total. The van der Waals surface area contributed by atoms with Crippen molar-refractivity contribution < 1.29 is 19.1 Å². The van der Waals surface area contributed by atoms with E-state index in [1.807, 2.05) is 0 Å². The van der Waals surface area contributed by atoms with Gasteiger partial charge in [-0.2, -0.15) is 0 Å². The third-order valence-electron chi connectivity index (χ3n) is 3.18. The average molecular weight is 262 g/mol. The summed E-state index contributed by atoms with van der Waals surface area (Å²) in [5.41, 5.74) is 0.933. The van der Waals surface area contributed by atoms with Crippen LogP contribution in [0.15, 0.2) is 18.2 Å². The summed E-state index contributed by atoms with van der Waals surface area (Å²) in [7, 11) is 0. The van der Waals surface area contributed by atoms with Gasteiger partial charge in [0.15, 0.2) is 6.61 Å². The number of ether oxygens (including phenoxy) is 2. The van der Waals surface area contributed by atoms with Crippen molar-refractivity contribution in [3.05, 3.63) is 23.8 Å². The van der Waals surface area contributed by atoms with Gasteiger partial charge in [0.25, 0.3) is 11.8 Å². The third kappa shape index (κ3) is 2.26. The van der Waals surface area contributed by atoms with Crippen LogP contribution in [0.25, 0.3) is 0 Å². The Bertz CT molecular complexity index is 523. The van der Waals surface area contributed by atoms with Gasteiger partial charge in [-0.25, -0.2) is 0 Å². The topological polar surface area (TPSA) is 67.9 Å². The summed E-state index contributed by atoms with van der Waals surface area (Å²) in [5, 5.41) is 2.71. The molecular formula is C13H14N2O4. The molecule has 3 rings (SSSR count). The molecular weight excluding hydrogens is 248 g/mol. The Balaban J connectivity index is 1.91. The molecule has 2 aliphatic heterocycles. The summed E-state index contributed by atoms with van der Waals surface area (Å²) < 4.78 is 10.5. The fraction of sp³-hybridized carbons (Fsp3) is 0.385. The number of anilines is 1. The van der Waals surface area contributed by atoms with Crippen LogP contribution in [0.4, 0.5) is 5.69 Å². The van der Waals surface area contributed by atoms with Gasteiger partial charge in [-0.1, -0.05) is 6.07 Å². The number of carbonyl (C=O) groups is 2. The molecule has 19 heavy (non-hydrogen) atoms. The van der Waals surface area contributed by atoms with Gasteiger partial charge in [0.05, 0.1) is 24.5 Å². The second-order valence-electron chi connectivity index (χ2n) is 4.42. The minimum absolute atomic E-state index is 0.0117. The normalized spacial score (nSPS) is 18.3. The quantitative estimate of drug-likeness (QED) is 0.799. The van der Waals surface area contributed by atoms with Crippen LogP contribution in [0, 0.1) is 0 Å². The largest absolute Gasteiger partial charge is 0.482 e. The maximum Gasteiger partial charge on any atom is 0.262 e. The highest BCUT2D eigenvalue weighted by Gasteiger charge is 2.26. The third-order valence-corrected chi connectivity index (χ3v) is 3.18. The fourth-order valence-electron chi connectivity index (χ4n) is 2.21. The number of benzene rings is 1. The van der Waals surface area contributed by atoms with Crippen LogP contribution < -0.4 is 10.1 Å². The van der Waals surface area contributed by atoms with Gasteiger partial charge >= 0.3 is 0 Å². The molecule has 2 amide bonds. The van der Waals surface area contributed by atoms with Gasteiger partial charge in [-0.3, -0.25) is 9.59 Å². The number of hydrogen-bond donors (Lipinski definition) is 1. The summed E-state index contributed by atoms with van der Waals surface area (Å²) in [5.74, 6) is 0.194. The maximum absolute atomic E-state index is 12.4. The highest BCUT2D eigenvalue weighted by molar-refractivity contribution is 6.06. The summed E-state index contributed by atoms with van der Waals surface area (Å²) in [6.45, 7) is 2.21. The van der Waals surface area contributed by atoms with E-state index in [1.165, 1.54) is 0 Å². The summed E-state index contributed by atoms with van der Waals surface area (Å²) in [6, 6.07) is 5.19. The van der Waals surface area contributed by atoms with Crippen molar-refractivity contribution in [1.82, 2.24) is 4.90 Å². The monoisotopic (exact) mass is 262 g/mol. The molecule has 0 aliphatic carbocycles. The molecule has 1 saturated heterocycles. The molecule has 0 unspecified atom stereocenters. The number of nitrogens with one attached hydrogen (secondary N) is 1. The van der Waals surface area contributed by atoms with Gasteiger partial charge < -0.3 is 19.7 Å². The SMILES string of the molecule is O=C1COc2cccc(C(=O)N3CCOCC3)c2N1. The minimum Gasteiger partial charge on any atom is -0.482 e. The van der Waals surface area contributed by atoms with Crippen LogP contribution in [0.2, 0.25) is 0 Å². The molecule has 0 spiro atoms. The molecule has 0 saturated carbocycles. The lowest BCUT2D eigenvalue weighted by Gasteiger charge is -2.28. The molecule has 0 atom stereocenters. The van der Waals surface area contributed by atoms with E-state index in [2.05, 4.69) is 5.32 Å². The Hall–Kier alpha value is -2.08. The average Bonchev–Trinajstić information content (AvgIpc) is 2.47. The molecule has 100 valence electrons. The van der Waals surface area contributed by atoms with Crippen LogP contribution in [0.3, 0.4) is 0 Å². The van der Waals surface area contributed by atoms with E-state index in [4.69, 9.17) is 9.47 Å². The molecule has 0 bridgehead atoms. The van der Waals surface area contributed by atoms with Gasteiger partial charge in [0.2, 0.25) is 0 Å². The second kappa shape index (κ2) is 4.89. The predicted octanol–water partition coefficient (Wildman–Crippen LogP) is 0.490. The first kappa shape index (κ1) is 12.0. The van der Waals surface area contributed by atoms with Crippen molar-refractivity contribution in [2.75, 3.05) is 38.2 Å². The molecule has 0 aromatic heterocycles. The maximum atomic E-state index is 12.4. The number of para-hydroxylation sites is 1. The van der Waals surface area contributed by atoms with E-state index >= 15 is 0 Å². The van der Waals surface area contributed by atoms with Crippen molar-refractivity contribution in [3.8, 4) is 5.75 Å². The molecule has 1 aromatic carbocycles. The first-order valence-corrected chi connectivity index (χ1v) is 6.18. The number of nitrogens with zero attached hydrogens (tertiary/aromatic N) is 1. The van der Waals surface area contributed by atoms with E-state index in [1.54, 1.807) is 23.1 Å². The molecule has 1 aromatic rings. The summed E-state index contributed by atoms with van der Waals surface area (Å²) in [6.07, 6.45) is 0. The Morgan fingerprint density at radius 1 is 1.26 bits per heavy atom. The minimum atomic E-state index is -0.241. The van der Waals surface area contributed by atoms with Crippen molar-refractivity contribution in [2.24, 2.45) is 0 Å². The lowest BCUT2D eigenvalue weighted by molar-refractivity contribution is -0.118. The molecule has 2 heterocycles. The standard InChI is InChI=1S/C13H14N2O4/c16-11-8-19-10-3-1-2-9(12(10)14-11)13(17)15-4-6-18-7-5-15/h1-3H,4-8H2,(H,14,16). The lowest BCUT2D eigenvalue weighted by atomic mass is 10.1. The van der Waals surface area contributed by atoms with Crippen molar-refractivity contribution in [2.45, 2.75) is 0 Å². The van der Waals surface area contributed by atoms with E-state index in [0.29, 0.717) is 43.3 Å². The van der Waals surface area contributed by atoms with Gasteiger partial charge in [0.1, 0.15) is 5.75 Å². The highest BCUT2D eigenvalue weighted by Crippen LogP contribution is 2.31. The van der Waals surface area contributed by atoms with Gasteiger partial charge in [-0.15, -0.1) is 0 Å². The number of rotatable bonds is 1. The van der Waals surface area contributed by atoms with Gasteiger partial charge in [0, 0.05) is 13.1 Å². The Kier molecular flexibility index (Phi) is 3.08. The summed E-state index contributed by atoms with van der Waals surface area (Å²) >= 11 is 0. The Morgan fingerprint density at radius 2 is 2.05 bits per heavy atom. The number of fused-ring (bicyclic) bond motifs is 1. The molecule has 0 radical (unpaired) electrons. The fourth-order valence-corrected chi connectivity index (χ4v) is 2.21.